The van der Waals surface area contributed by atoms with E-state index in [1.165, 1.54) is 19.2 Å². The average Bonchev–Trinajstić information content (AvgIpc) is 2.68. The zero-order valence-corrected chi connectivity index (χ0v) is 16.5. The van der Waals surface area contributed by atoms with Crippen molar-refractivity contribution in [3.05, 3.63) is 81.6 Å². The van der Waals surface area contributed by atoms with Gasteiger partial charge in [0.05, 0.1) is 17.2 Å². The zero-order valence-electron chi connectivity index (χ0n) is 15.0. The second-order valence-corrected chi connectivity index (χ2v) is 6.81. The molecule has 0 aromatic heterocycles. The Morgan fingerprint density at radius 3 is 2.46 bits per heavy atom. The molecule has 0 saturated heterocycles. The molecule has 28 heavy (non-hydrogen) atoms. The largest absolute Gasteiger partial charge is 0.508 e. The van der Waals surface area contributed by atoms with Crippen molar-refractivity contribution in [2.45, 2.75) is 13.2 Å². The van der Waals surface area contributed by atoms with Crippen LogP contribution in [-0.2, 0) is 13.2 Å². The van der Waals surface area contributed by atoms with Crippen molar-refractivity contribution in [3.63, 3.8) is 0 Å². The van der Waals surface area contributed by atoms with E-state index in [4.69, 9.17) is 32.7 Å². The number of hydrogen-bond acceptors (Lipinski definition) is 4. The van der Waals surface area contributed by atoms with Gasteiger partial charge in [0.1, 0.15) is 18.2 Å². The highest BCUT2D eigenvalue weighted by molar-refractivity contribution is 6.32. The van der Waals surface area contributed by atoms with Crippen molar-refractivity contribution >= 4 is 28.9 Å². The highest BCUT2D eigenvalue weighted by Crippen LogP contribution is 2.37. The Morgan fingerprint density at radius 2 is 1.79 bits per heavy atom. The summed E-state index contributed by atoms with van der Waals surface area (Å²) in [6, 6.07) is 14.7. The second-order valence-electron chi connectivity index (χ2n) is 6.00. The van der Waals surface area contributed by atoms with Gasteiger partial charge in [0, 0.05) is 17.8 Å². The lowest BCUT2D eigenvalue weighted by atomic mass is 10.2. The van der Waals surface area contributed by atoms with E-state index in [0.29, 0.717) is 23.1 Å². The highest BCUT2D eigenvalue weighted by Gasteiger charge is 2.15. The van der Waals surface area contributed by atoms with Crippen LogP contribution in [0.1, 0.15) is 11.1 Å². The number of hydrogen-bond donors (Lipinski definition) is 2. The molecule has 0 spiro atoms. The number of anilines is 1. The molecule has 4 nitrogen and oxygen atoms in total. The van der Waals surface area contributed by atoms with Gasteiger partial charge in [0.2, 0.25) is 0 Å². The molecular formula is C21H18Cl2FNO3. The molecular weight excluding hydrogens is 404 g/mol. The minimum absolute atomic E-state index is 0.0767. The van der Waals surface area contributed by atoms with Crippen LogP contribution in [0.15, 0.2) is 54.6 Å². The Bertz CT molecular complexity index is 944. The lowest BCUT2D eigenvalue weighted by Gasteiger charge is -2.15. The number of phenols is 1. The van der Waals surface area contributed by atoms with Gasteiger partial charge in [0.25, 0.3) is 0 Å². The molecule has 0 bridgehead atoms. The summed E-state index contributed by atoms with van der Waals surface area (Å²) in [6.45, 7) is 0.410. The first-order valence-corrected chi connectivity index (χ1v) is 9.18. The maximum Gasteiger partial charge on any atom is 0.180 e. The molecule has 0 amide bonds. The predicted molar refractivity (Wildman–Crippen MR) is 109 cm³/mol. The first kappa shape index (κ1) is 20.1. The molecule has 0 saturated carbocycles. The molecule has 3 aromatic carbocycles. The quantitative estimate of drug-likeness (QED) is 0.456. The Labute approximate surface area is 172 Å². The van der Waals surface area contributed by atoms with E-state index < -0.39 is 5.82 Å². The van der Waals surface area contributed by atoms with Crippen LogP contribution < -0.4 is 14.8 Å². The van der Waals surface area contributed by atoms with Gasteiger partial charge in [-0.15, -0.1) is 0 Å². The Hall–Kier alpha value is -2.63. The molecule has 146 valence electrons. The van der Waals surface area contributed by atoms with Crippen molar-refractivity contribution in [1.29, 1.82) is 0 Å². The molecule has 0 aliphatic heterocycles. The van der Waals surface area contributed by atoms with Crippen molar-refractivity contribution in [2.24, 2.45) is 0 Å². The summed E-state index contributed by atoms with van der Waals surface area (Å²) < 4.78 is 25.0. The van der Waals surface area contributed by atoms with Crippen molar-refractivity contribution in [2.75, 3.05) is 12.4 Å². The van der Waals surface area contributed by atoms with E-state index in [-0.39, 0.29) is 22.9 Å². The Kier molecular flexibility index (Phi) is 6.49. The number of nitrogens with one attached hydrogen (secondary N) is 1. The summed E-state index contributed by atoms with van der Waals surface area (Å²) in [4.78, 5) is 0. The van der Waals surface area contributed by atoms with Crippen molar-refractivity contribution < 1.29 is 19.0 Å². The van der Waals surface area contributed by atoms with Gasteiger partial charge in [-0.05, 0) is 54.1 Å². The van der Waals surface area contributed by atoms with E-state index in [1.54, 1.807) is 42.5 Å². The number of phenolic OH excluding ortho intramolecular Hbond substituents is 1. The third-order valence-corrected chi connectivity index (χ3v) is 4.71. The first-order valence-electron chi connectivity index (χ1n) is 8.43. The zero-order chi connectivity index (χ0) is 20.1. The van der Waals surface area contributed by atoms with E-state index >= 15 is 0 Å². The summed E-state index contributed by atoms with van der Waals surface area (Å²) in [5.41, 5.74) is 1.97. The van der Waals surface area contributed by atoms with E-state index in [1.807, 2.05) is 0 Å². The molecule has 3 aromatic rings. The van der Waals surface area contributed by atoms with E-state index in [0.717, 1.165) is 11.3 Å². The number of benzene rings is 3. The monoisotopic (exact) mass is 421 g/mol. The van der Waals surface area contributed by atoms with Crippen LogP contribution >= 0.6 is 23.2 Å². The normalized spacial score (nSPS) is 10.6. The summed E-state index contributed by atoms with van der Waals surface area (Å²) in [5, 5.41) is 13.2. The first-order chi connectivity index (χ1) is 13.5. The molecule has 0 aliphatic rings. The van der Waals surface area contributed by atoms with Gasteiger partial charge in [-0.25, -0.2) is 4.39 Å². The van der Waals surface area contributed by atoms with Gasteiger partial charge in [-0.2, -0.15) is 0 Å². The van der Waals surface area contributed by atoms with Gasteiger partial charge >= 0.3 is 0 Å². The van der Waals surface area contributed by atoms with E-state index in [2.05, 4.69) is 5.32 Å². The highest BCUT2D eigenvalue weighted by atomic mass is 35.5. The van der Waals surface area contributed by atoms with Crippen LogP contribution in [0, 0.1) is 5.82 Å². The Balaban J connectivity index is 1.74. The number of methoxy groups -OCH3 is 1. The van der Waals surface area contributed by atoms with Gasteiger partial charge in [-0.1, -0.05) is 29.3 Å². The molecule has 2 N–H and O–H groups in total. The third kappa shape index (κ3) is 4.80. The standard InChI is InChI=1S/C21H18Cl2FNO3/c1-27-20-10-13(11-25-14-5-7-15(26)8-6-14)9-18(23)21(20)28-12-16-17(22)3-2-4-19(16)24/h2-10,25-26H,11-12H2,1H3. The molecule has 0 heterocycles. The minimum atomic E-state index is -0.447. The Morgan fingerprint density at radius 1 is 1.04 bits per heavy atom. The average molecular weight is 422 g/mol. The van der Waals surface area contributed by atoms with Gasteiger partial charge in [-0.3, -0.25) is 0 Å². The van der Waals surface area contributed by atoms with Crippen LogP contribution in [0.4, 0.5) is 10.1 Å². The molecule has 0 radical (unpaired) electrons. The SMILES string of the molecule is COc1cc(CNc2ccc(O)cc2)cc(Cl)c1OCc1c(F)cccc1Cl. The summed E-state index contributed by atoms with van der Waals surface area (Å²) in [7, 11) is 1.51. The maximum absolute atomic E-state index is 13.9. The number of aromatic hydroxyl groups is 1. The number of halogens is 3. The van der Waals surface area contributed by atoms with Crippen LogP contribution in [0.25, 0.3) is 0 Å². The van der Waals surface area contributed by atoms with Gasteiger partial charge < -0.3 is 19.9 Å². The predicted octanol–water partition coefficient (Wildman–Crippen LogP) is 6.04. The summed E-state index contributed by atoms with van der Waals surface area (Å²) in [6.07, 6.45) is 0. The maximum atomic E-state index is 13.9. The lowest BCUT2D eigenvalue weighted by Crippen LogP contribution is -2.04. The fraction of sp³-hybridized carbons (Fsp3) is 0.143. The van der Waals surface area contributed by atoms with Crippen LogP contribution in [-0.4, -0.2) is 12.2 Å². The molecule has 7 heteroatoms. The summed E-state index contributed by atoms with van der Waals surface area (Å²) >= 11 is 12.4. The molecule has 0 fully saturated rings. The number of ether oxygens (including phenoxy) is 2. The fourth-order valence-electron chi connectivity index (χ4n) is 2.61. The summed E-state index contributed by atoms with van der Waals surface area (Å²) in [5.74, 6) is 0.503. The smallest absolute Gasteiger partial charge is 0.180 e. The molecule has 3 rings (SSSR count). The van der Waals surface area contributed by atoms with E-state index in [9.17, 15) is 9.50 Å². The minimum Gasteiger partial charge on any atom is -0.508 e. The topological polar surface area (TPSA) is 50.7 Å². The van der Waals surface area contributed by atoms with Crippen LogP contribution in [0.2, 0.25) is 10.0 Å². The second kappa shape index (κ2) is 9.04. The van der Waals surface area contributed by atoms with Crippen molar-refractivity contribution in [1.82, 2.24) is 0 Å². The van der Waals surface area contributed by atoms with Crippen LogP contribution in [0.5, 0.6) is 17.2 Å². The molecule has 0 unspecified atom stereocenters. The molecule has 0 atom stereocenters. The van der Waals surface area contributed by atoms with Crippen LogP contribution in [0.3, 0.4) is 0 Å². The number of rotatable bonds is 7. The molecule has 0 aliphatic carbocycles. The lowest BCUT2D eigenvalue weighted by molar-refractivity contribution is 0.280. The van der Waals surface area contributed by atoms with Crippen molar-refractivity contribution in [3.8, 4) is 17.2 Å². The van der Waals surface area contributed by atoms with Gasteiger partial charge in [0.15, 0.2) is 11.5 Å². The fourth-order valence-corrected chi connectivity index (χ4v) is 3.12. The third-order valence-electron chi connectivity index (χ3n) is 4.08.